The van der Waals surface area contributed by atoms with Gasteiger partial charge in [0.25, 0.3) is 0 Å². The Labute approximate surface area is 345 Å². The van der Waals surface area contributed by atoms with Gasteiger partial charge in [0.15, 0.2) is 6.10 Å². The summed E-state index contributed by atoms with van der Waals surface area (Å²) in [5.41, 5.74) is 5.32. The number of phosphoric acid groups is 1. The van der Waals surface area contributed by atoms with Crippen molar-refractivity contribution in [3.63, 3.8) is 0 Å². The van der Waals surface area contributed by atoms with Crippen molar-refractivity contribution in [3.05, 3.63) is 72.9 Å². The number of ether oxygens (including phenoxy) is 2. The average Bonchev–Trinajstić information content (AvgIpc) is 3.19. The largest absolute Gasteiger partial charge is 0.472 e. The van der Waals surface area contributed by atoms with Gasteiger partial charge in [0, 0.05) is 19.4 Å². The molecule has 4 atom stereocenters. The molecule has 3 unspecified atom stereocenters. The van der Waals surface area contributed by atoms with E-state index in [9.17, 15) is 29.3 Å². The van der Waals surface area contributed by atoms with E-state index in [1.165, 1.54) is 57.8 Å². The molecular weight excluding hydrogens is 745 g/mol. The van der Waals surface area contributed by atoms with Gasteiger partial charge in [-0.2, -0.15) is 0 Å². The van der Waals surface area contributed by atoms with Crippen molar-refractivity contribution in [1.29, 1.82) is 0 Å². The molecule has 0 aromatic carbocycles. The molecule has 0 saturated heterocycles. The zero-order valence-corrected chi connectivity index (χ0v) is 36.2. The Morgan fingerprint density at radius 3 is 1.68 bits per heavy atom. The lowest BCUT2D eigenvalue weighted by Gasteiger charge is -2.20. The molecule has 0 aliphatic carbocycles. The highest BCUT2D eigenvalue weighted by Crippen LogP contribution is 2.43. The second-order valence-corrected chi connectivity index (χ2v) is 15.6. The second kappa shape index (κ2) is 40.2. The number of esters is 2. The summed E-state index contributed by atoms with van der Waals surface area (Å²) in [4.78, 5) is 34.9. The van der Waals surface area contributed by atoms with Crippen molar-refractivity contribution >= 4 is 19.8 Å². The minimum atomic E-state index is -4.47. The van der Waals surface area contributed by atoms with Gasteiger partial charge in [0.1, 0.15) is 6.61 Å². The summed E-state index contributed by atoms with van der Waals surface area (Å²) >= 11 is 0. The number of carbonyl (C=O) groups excluding carboxylic acids is 2. The number of aliphatic hydroxyl groups is 2. The van der Waals surface area contributed by atoms with Gasteiger partial charge in [-0.3, -0.25) is 18.6 Å². The van der Waals surface area contributed by atoms with Crippen LogP contribution in [0.15, 0.2) is 72.9 Å². The Morgan fingerprint density at radius 2 is 1.09 bits per heavy atom. The number of allylic oxidation sites excluding steroid dienone is 11. The van der Waals surface area contributed by atoms with Gasteiger partial charge in [-0.1, -0.05) is 132 Å². The summed E-state index contributed by atoms with van der Waals surface area (Å²) in [6, 6.07) is 0. The lowest BCUT2D eigenvalue weighted by Crippen LogP contribution is -2.30. The normalized spacial score (nSPS) is 15.1. The van der Waals surface area contributed by atoms with E-state index in [0.29, 0.717) is 12.8 Å². The Morgan fingerprint density at radius 1 is 0.596 bits per heavy atom. The molecule has 0 aliphatic heterocycles. The first-order chi connectivity index (χ1) is 27.6. The van der Waals surface area contributed by atoms with Crippen LogP contribution in [0.25, 0.3) is 0 Å². The van der Waals surface area contributed by atoms with Crippen LogP contribution in [0.1, 0.15) is 155 Å². The van der Waals surface area contributed by atoms with Crippen molar-refractivity contribution in [2.75, 3.05) is 26.4 Å². The fourth-order valence-electron chi connectivity index (χ4n) is 5.40. The molecule has 0 aromatic heterocycles. The first kappa shape index (κ1) is 54.4. The van der Waals surface area contributed by atoms with E-state index < -0.39 is 44.7 Å². The van der Waals surface area contributed by atoms with Gasteiger partial charge in [0.05, 0.1) is 25.4 Å². The maximum atomic E-state index is 12.6. The van der Waals surface area contributed by atoms with Gasteiger partial charge in [0.2, 0.25) is 0 Å². The van der Waals surface area contributed by atoms with Crippen LogP contribution < -0.4 is 5.73 Å². The van der Waals surface area contributed by atoms with Crippen LogP contribution >= 0.6 is 7.82 Å². The molecule has 0 fully saturated rings. The number of hydrogen-bond donors (Lipinski definition) is 4. The fourth-order valence-corrected chi connectivity index (χ4v) is 6.16. The first-order valence-corrected chi connectivity index (χ1v) is 23.1. The van der Waals surface area contributed by atoms with Crippen LogP contribution in [-0.4, -0.2) is 71.7 Å². The molecule has 0 heterocycles. The third kappa shape index (κ3) is 38.6. The Hall–Kier alpha value is -2.63. The zero-order chi connectivity index (χ0) is 42.1. The number of nitrogens with two attached hydrogens (primary N) is 1. The Bertz CT molecular complexity index is 1200. The summed E-state index contributed by atoms with van der Waals surface area (Å²) in [5.74, 6) is -1.18. The summed E-state index contributed by atoms with van der Waals surface area (Å²) in [7, 11) is -4.47. The third-order valence-electron chi connectivity index (χ3n) is 8.77. The van der Waals surface area contributed by atoms with Gasteiger partial charge < -0.3 is 30.3 Å². The topological polar surface area (TPSA) is 175 Å². The summed E-state index contributed by atoms with van der Waals surface area (Å²) in [6.07, 6.45) is 41.1. The van der Waals surface area contributed by atoms with Gasteiger partial charge in [-0.15, -0.1) is 0 Å². The number of hydrogen-bond acceptors (Lipinski definition) is 10. The maximum Gasteiger partial charge on any atom is 0.472 e. The molecule has 11 nitrogen and oxygen atoms in total. The summed E-state index contributed by atoms with van der Waals surface area (Å²) < 4.78 is 32.5. The van der Waals surface area contributed by atoms with Gasteiger partial charge in [-0.05, 0) is 83.5 Å². The van der Waals surface area contributed by atoms with Crippen molar-refractivity contribution in [3.8, 4) is 0 Å². The number of aliphatic hydroxyl groups excluding tert-OH is 2. The zero-order valence-electron chi connectivity index (χ0n) is 35.3. The molecule has 0 rings (SSSR count). The van der Waals surface area contributed by atoms with Crippen LogP contribution in [0.3, 0.4) is 0 Å². The van der Waals surface area contributed by atoms with Crippen LogP contribution in [0.2, 0.25) is 0 Å². The van der Waals surface area contributed by atoms with E-state index in [1.807, 2.05) is 18.2 Å². The predicted octanol–water partition coefficient (Wildman–Crippen LogP) is 10.2. The third-order valence-corrected chi connectivity index (χ3v) is 9.75. The summed E-state index contributed by atoms with van der Waals surface area (Å²) in [6.45, 7) is 3.28. The Kier molecular flexibility index (Phi) is 38.3. The number of rotatable bonds is 39. The molecule has 5 N–H and O–H groups in total. The maximum absolute atomic E-state index is 12.6. The van der Waals surface area contributed by atoms with E-state index in [1.54, 1.807) is 0 Å². The van der Waals surface area contributed by atoms with Crippen molar-refractivity contribution in [1.82, 2.24) is 0 Å². The quantitative estimate of drug-likeness (QED) is 0.0201. The van der Waals surface area contributed by atoms with Crippen LogP contribution in [-0.2, 0) is 32.7 Å². The predicted molar refractivity (Wildman–Crippen MR) is 231 cm³/mol. The molecule has 0 aromatic rings. The fraction of sp³-hybridized carbons (Fsp3) is 0.689. The SMILES string of the molecule is CCCCC/C=C\C/C=C\C/C=C\CC(O)C(O)CCCC(=O)O[C@H](COC(=O)CCC/C=C\C/C=C\C/C=C\CCCCCCCC)COP(=O)(O)OCCN. The second-order valence-electron chi connectivity index (χ2n) is 14.2. The molecule has 12 heteroatoms. The van der Waals surface area contributed by atoms with E-state index in [4.69, 9.17) is 24.3 Å². The number of carbonyl (C=O) groups is 2. The molecule has 0 radical (unpaired) electrons. The van der Waals surface area contributed by atoms with Crippen LogP contribution in [0.5, 0.6) is 0 Å². The first-order valence-electron chi connectivity index (χ1n) is 21.6. The van der Waals surface area contributed by atoms with Crippen molar-refractivity contribution in [2.24, 2.45) is 5.73 Å². The molecule has 0 bridgehead atoms. The lowest BCUT2D eigenvalue weighted by atomic mass is 10.0. The molecule has 328 valence electrons. The lowest BCUT2D eigenvalue weighted by molar-refractivity contribution is -0.161. The molecular formula is C45H78NO10P. The molecule has 0 amide bonds. The minimum absolute atomic E-state index is 0.00162. The molecule has 0 saturated carbocycles. The highest BCUT2D eigenvalue weighted by atomic mass is 31.2. The van der Waals surface area contributed by atoms with Crippen molar-refractivity contribution in [2.45, 2.75) is 173 Å². The van der Waals surface area contributed by atoms with Gasteiger partial charge >= 0.3 is 19.8 Å². The number of unbranched alkanes of at least 4 members (excludes halogenated alkanes) is 10. The molecule has 0 aliphatic rings. The van der Waals surface area contributed by atoms with E-state index in [2.05, 4.69) is 68.5 Å². The van der Waals surface area contributed by atoms with Crippen LogP contribution in [0.4, 0.5) is 0 Å². The van der Waals surface area contributed by atoms with Crippen molar-refractivity contribution < 1.29 is 47.8 Å². The highest BCUT2D eigenvalue weighted by molar-refractivity contribution is 7.47. The highest BCUT2D eigenvalue weighted by Gasteiger charge is 2.26. The average molecular weight is 824 g/mol. The smallest absolute Gasteiger partial charge is 0.462 e. The molecule has 57 heavy (non-hydrogen) atoms. The van der Waals surface area contributed by atoms with Crippen LogP contribution in [0, 0.1) is 0 Å². The standard InChI is InChI=1S/C45H78NO10P/c1-3-5-7-9-11-13-15-17-18-19-20-21-23-25-27-29-31-35-44(49)53-39-41(40-55-57(51,52)54-38-37-46)56-45(50)36-32-34-43(48)42(47)33-30-28-26-24-22-16-14-12-10-8-6-4-2/h12,14,17-18,20-22,24-25,27-28,30,41-43,47-48H,3-11,13,15-16,19,23,26,29,31-40,46H2,1-2H3,(H,51,52)/b14-12-,18-17-,21-20-,24-22-,27-25-,30-28-/t41-,42?,43?/m1/s1. The summed E-state index contributed by atoms with van der Waals surface area (Å²) in [5, 5.41) is 20.7. The van der Waals surface area contributed by atoms with E-state index >= 15 is 0 Å². The number of phosphoric ester groups is 1. The van der Waals surface area contributed by atoms with Gasteiger partial charge in [-0.25, -0.2) is 4.57 Å². The monoisotopic (exact) mass is 824 g/mol. The minimum Gasteiger partial charge on any atom is -0.462 e. The van der Waals surface area contributed by atoms with E-state index in [-0.39, 0.29) is 51.9 Å². The Balaban J connectivity index is 4.51. The molecule has 0 spiro atoms. The van der Waals surface area contributed by atoms with E-state index in [0.717, 1.165) is 38.5 Å².